The van der Waals surface area contributed by atoms with Crippen molar-refractivity contribution in [3.05, 3.63) is 89.6 Å². The summed E-state index contributed by atoms with van der Waals surface area (Å²) in [7, 11) is 1.31. The lowest BCUT2D eigenvalue weighted by Gasteiger charge is -2.24. The van der Waals surface area contributed by atoms with Crippen molar-refractivity contribution in [1.82, 2.24) is 4.57 Å². The van der Waals surface area contributed by atoms with E-state index < -0.39 is 12.0 Å². The average molecular weight is 469 g/mol. The second-order valence-corrected chi connectivity index (χ2v) is 8.68. The molecule has 0 saturated heterocycles. The Hall–Kier alpha value is -3.36. The van der Waals surface area contributed by atoms with Crippen molar-refractivity contribution in [2.45, 2.75) is 13.0 Å². The predicted octanol–water partition coefficient (Wildman–Crippen LogP) is 2.79. The van der Waals surface area contributed by atoms with Crippen LogP contribution in [-0.2, 0) is 9.53 Å². The zero-order chi connectivity index (χ0) is 22.4. The van der Waals surface area contributed by atoms with E-state index in [0.29, 0.717) is 37.1 Å². The Balaban J connectivity index is 1.70. The van der Waals surface area contributed by atoms with Crippen molar-refractivity contribution in [1.29, 1.82) is 0 Å². The monoisotopic (exact) mass is 468 g/mol. The number of hydrogen-bond acceptors (Lipinski definition) is 7. The fourth-order valence-corrected chi connectivity index (χ4v) is 4.98. The van der Waals surface area contributed by atoms with Gasteiger partial charge in [-0.05, 0) is 48.4 Å². The molecule has 0 unspecified atom stereocenters. The Bertz CT molecular complexity index is 1450. The molecule has 0 saturated carbocycles. The molecular formula is C23H17ClN2O5S. The minimum Gasteiger partial charge on any atom is -0.466 e. The maximum Gasteiger partial charge on any atom is 0.338 e. The van der Waals surface area contributed by atoms with Gasteiger partial charge in [0.05, 0.1) is 29.0 Å². The summed E-state index contributed by atoms with van der Waals surface area (Å²) in [5.41, 5.74) is 2.11. The van der Waals surface area contributed by atoms with E-state index in [9.17, 15) is 9.59 Å². The second-order valence-electron chi connectivity index (χ2n) is 7.24. The summed E-state index contributed by atoms with van der Waals surface area (Å²) in [6.07, 6.45) is 1.78. The van der Waals surface area contributed by atoms with Gasteiger partial charge in [-0.25, -0.2) is 9.79 Å². The number of fused-ring (bicyclic) bond motifs is 2. The summed E-state index contributed by atoms with van der Waals surface area (Å²) in [6.45, 7) is 1.92. The van der Waals surface area contributed by atoms with Gasteiger partial charge < -0.3 is 14.2 Å². The van der Waals surface area contributed by atoms with Gasteiger partial charge in [0, 0.05) is 5.02 Å². The van der Waals surface area contributed by atoms with E-state index in [4.69, 9.17) is 25.8 Å². The number of carbonyl (C=O) groups excluding carboxylic acids is 1. The van der Waals surface area contributed by atoms with Crippen LogP contribution in [0.4, 0.5) is 0 Å². The van der Waals surface area contributed by atoms with Crippen LogP contribution in [0.2, 0.25) is 5.02 Å². The zero-order valence-corrected chi connectivity index (χ0v) is 18.7. The highest BCUT2D eigenvalue weighted by atomic mass is 35.5. The Morgan fingerprint density at radius 2 is 1.97 bits per heavy atom. The number of carbonyl (C=O) groups is 1. The van der Waals surface area contributed by atoms with Gasteiger partial charge in [-0.1, -0.05) is 41.1 Å². The van der Waals surface area contributed by atoms with Crippen molar-refractivity contribution in [2.24, 2.45) is 4.99 Å². The molecule has 0 radical (unpaired) electrons. The maximum absolute atomic E-state index is 13.5. The lowest BCUT2D eigenvalue weighted by atomic mass is 9.96. The van der Waals surface area contributed by atoms with Crippen LogP contribution in [-0.4, -0.2) is 24.4 Å². The molecule has 0 N–H and O–H groups in total. The van der Waals surface area contributed by atoms with Gasteiger partial charge in [-0.2, -0.15) is 0 Å². The normalized spacial score (nSPS) is 17.2. The molecule has 1 atom stereocenters. The number of benzene rings is 2. The third kappa shape index (κ3) is 3.41. The van der Waals surface area contributed by atoms with Crippen molar-refractivity contribution in [3.63, 3.8) is 0 Å². The summed E-state index contributed by atoms with van der Waals surface area (Å²) >= 11 is 7.32. The van der Waals surface area contributed by atoms with Gasteiger partial charge in [0.15, 0.2) is 16.3 Å². The van der Waals surface area contributed by atoms with Crippen LogP contribution in [0.3, 0.4) is 0 Å². The van der Waals surface area contributed by atoms with E-state index in [-0.39, 0.29) is 12.4 Å². The van der Waals surface area contributed by atoms with Gasteiger partial charge in [-0.15, -0.1) is 0 Å². The number of hydrogen-bond donors (Lipinski definition) is 0. The molecule has 0 spiro atoms. The summed E-state index contributed by atoms with van der Waals surface area (Å²) < 4.78 is 17.8. The smallest absolute Gasteiger partial charge is 0.338 e. The van der Waals surface area contributed by atoms with Crippen LogP contribution in [0.15, 0.2) is 63.5 Å². The summed E-state index contributed by atoms with van der Waals surface area (Å²) in [6, 6.07) is 11.9. The molecule has 3 heterocycles. The third-order valence-corrected chi connectivity index (χ3v) is 6.54. The fourth-order valence-electron chi connectivity index (χ4n) is 3.81. The first kappa shape index (κ1) is 20.5. The van der Waals surface area contributed by atoms with E-state index in [2.05, 4.69) is 4.99 Å². The molecule has 2 aromatic carbocycles. The Morgan fingerprint density at radius 1 is 1.22 bits per heavy atom. The van der Waals surface area contributed by atoms with E-state index >= 15 is 0 Å². The Labute approximate surface area is 191 Å². The zero-order valence-electron chi connectivity index (χ0n) is 17.1. The minimum absolute atomic E-state index is 0.178. The number of nitrogens with zero attached hydrogens (tertiary/aromatic N) is 2. The highest BCUT2D eigenvalue weighted by Gasteiger charge is 2.33. The molecule has 32 heavy (non-hydrogen) atoms. The van der Waals surface area contributed by atoms with Crippen LogP contribution >= 0.6 is 22.9 Å². The number of aromatic nitrogens is 1. The minimum atomic E-state index is -0.671. The number of halogens is 1. The molecule has 0 amide bonds. The Kier molecular flexibility index (Phi) is 5.11. The van der Waals surface area contributed by atoms with Gasteiger partial charge in [-0.3, -0.25) is 9.36 Å². The summed E-state index contributed by atoms with van der Waals surface area (Å²) in [5, 5.41) is 0.560. The Morgan fingerprint density at radius 3 is 2.72 bits per heavy atom. The van der Waals surface area contributed by atoms with Crippen LogP contribution in [0.5, 0.6) is 11.5 Å². The second kappa shape index (κ2) is 7.96. The molecule has 0 bridgehead atoms. The number of esters is 1. The lowest BCUT2D eigenvalue weighted by molar-refractivity contribution is -0.136. The summed E-state index contributed by atoms with van der Waals surface area (Å²) in [5.74, 6) is 0.773. The topological polar surface area (TPSA) is 79.1 Å². The highest BCUT2D eigenvalue weighted by Crippen LogP contribution is 2.33. The number of rotatable bonds is 3. The average Bonchev–Trinajstić information content (AvgIpc) is 3.37. The van der Waals surface area contributed by atoms with Crippen LogP contribution < -0.4 is 24.4 Å². The van der Waals surface area contributed by atoms with Gasteiger partial charge in [0.25, 0.3) is 5.56 Å². The third-order valence-electron chi connectivity index (χ3n) is 5.31. The van der Waals surface area contributed by atoms with E-state index in [0.717, 1.165) is 11.1 Å². The van der Waals surface area contributed by atoms with Crippen LogP contribution in [0.25, 0.3) is 6.08 Å². The molecule has 2 aliphatic heterocycles. The van der Waals surface area contributed by atoms with Gasteiger partial charge >= 0.3 is 5.97 Å². The first-order valence-electron chi connectivity index (χ1n) is 9.72. The van der Waals surface area contributed by atoms with Crippen molar-refractivity contribution < 1.29 is 19.0 Å². The molecule has 0 aliphatic carbocycles. The van der Waals surface area contributed by atoms with Crippen molar-refractivity contribution in [3.8, 4) is 11.5 Å². The van der Waals surface area contributed by atoms with Gasteiger partial charge in [0.2, 0.25) is 6.79 Å². The van der Waals surface area contributed by atoms with E-state index in [1.54, 1.807) is 43.3 Å². The van der Waals surface area contributed by atoms with Crippen molar-refractivity contribution >= 4 is 35.0 Å². The fraction of sp³-hybridized carbons (Fsp3) is 0.174. The molecule has 162 valence electrons. The predicted molar refractivity (Wildman–Crippen MR) is 120 cm³/mol. The van der Waals surface area contributed by atoms with Crippen LogP contribution in [0.1, 0.15) is 24.1 Å². The molecule has 9 heteroatoms. The molecule has 2 aliphatic rings. The van der Waals surface area contributed by atoms with Crippen molar-refractivity contribution in [2.75, 3.05) is 13.9 Å². The number of methoxy groups -OCH3 is 1. The van der Waals surface area contributed by atoms with E-state index in [1.807, 2.05) is 12.1 Å². The standard InChI is InChI=1S/C23H17ClN2O5S/c1-12-19(22(28)29-2)20(14-4-6-15(24)7-5-14)26-21(27)18(32-23(26)25-12)10-13-3-8-16-17(9-13)31-11-30-16/h3-10,20H,11H2,1-2H3/b18-10-/t20-/m1/s1. The molecule has 1 aromatic heterocycles. The molecule has 5 rings (SSSR count). The number of allylic oxidation sites excluding steroid dienone is 1. The SMILES string of the molecule is COC(=O)C1=C(C)N=c2s/c(=C\c3ccc4c(c3)OCO4)c(=O)n2[C@@H]1c1ccc(Cl)cc1. The van der Waals surface area contributed by atoms with Gasteiger partial charge in [0.1, 0.15) is 0 Å². The molecule has 0 fully saturated rings. The van der Waals surface area contributed by atoms with E-state index in [1.165, 1.54) is 23.0 Å². The number of thiazole rings is 1. The first-order valence-corrected chi connectivity index (χ1v) is 10.9. The largest absolute Gasteiger partial charge is 0.466 e. The molecule has 3 aromatic rings. The maximum atomic E-state index is 13.5. The number of ether oxygens (including phenoxy) is 3. The summed E-state index contributed by atoms with van der Waals surface area (Å²) in [4.78, 5) is 31.2. The first-order chi connectivity index (χ1) is 15.5. The van der Waals surface area contributed by atoms with Crippen LogP contribution in [0, 0.1) is 0 Å². The lowest BCUT2D eigenvalue weighted by Crippen LogP contribution is -2.39. The molecular weight excluding hydrogens is 452 g/mol. The molecule has 7 nitrogen and oxygen atoms in total. The quantitative estimate of drug-likeness (QED) is 0.552. The highest BCUT2D eigenvalue weighted by molar-refractivity contribution is 7.07.